The quantitative estimate of drug-likeness (QED) is 0.247. The van der Waals surface area contributed by atoms with E-state index in [0.29, 0.717) is 38.5 Å². The van der Waals surface area contributed by atoms with Crippen LogP contribution in [0.3, 0.4) is 0 Å². The van der Waals surface area contributed by atoms with Gasteiger partial charge in [-0.3, -0.25) is 13.9 Å². The summed E-state index contributed by atoms with van der Waals surface area (Å²) in [4.78, 5) is 12.2. The van der Waals surface area contributed by atoms with Crippen molar-refractivity contribution in [1.29, 1.82) is 0 Å². The number of hydrogen-bond donors (Lipinski definition) is 5. The number of carbonyl (C=O) groups is 1. The zero-order chi connectivity index (χ0) is 29.0. The maximum Gasteiger partial charge on any atom is 0.397 e. The number of aliphatic hydroxyl groups is 2. The zero-order valence-corrected chi connectivity index (χ0v) is 24.7. The molecule has 4 aliphatic carbocycles. The van der Waals surface area contributed by atoms with Crippen molar-refractivity contribution in [1.82, 2.24) is 5.32 Å². The molecule has 4 rings (SSSR count). The second kappa shape index (κ2) is 11.1. The normalized spacial score (nSPS) is 43.2. The molecule has 1 unspecified atom stereocenters. The standard InChI is InChI=1S/C26H45NO10S2/c1-15(4-7-23(30)27-10-11-38(31,32)33)18-5-6-19-24-20(14-22(29)26(18,19)3)25(2)9-8-17(37-39(34,35)36)12-16(25)13-21(24)28/h15-22,24,28-29H,4-14H2,1-3H3,(H,27,30)(H,31,32,33)(H,34,35,36)/t15-,16+,17-,18?,19+,20+,21-,22+,24+,25+,26-/m1/s1. The third kappa shape index (κ3) is 6.34. The molecule has 4 saturated carbocycles. The monoisotopic (exact) mass is 595 g/mol. The summed E-state index contributed by atoms with van der Waals surface area (Å²) >= 11 is 0. The SMILES string of the molecule is C[C@H](CCC(=O)NCCS(=O)(=O)O)C1CC[C@H]2[C@@H]3[C@H](O)C[C@@H]4C[C@H](OS(=O)(=O)O)CC[C@]4(C)[C@H]3C[C@H](O)[C@]12C. The fraction of sp³-hybridized carbons (Fsp3) is 0.962. The molecular formula is C26H45NO10S2. The van der Waals surface area contributed by atoms with E-state index >= 15 is 0 Å². The lowest BCUT2D eigenvalue weighted by molar-refractivity contribution is -0.206. The van der Waals surface area contributed by atoms with Crippen LogP contribution in [-0.2, 0) is 29.5 Å². The van der Waals surface area contributed by atoms with Gasteiger partial charge in [0.1, 0.15) is 0 Å². The summed E-state index contributed by atoms with van der Waals surface area (Å²) in [5, 5.41) is 25.7. The first-order valence-corrected chi connectivity index (χ1v) is 17.2. The predicted octanol–water partition coefficient (Wildman–Crippen LogP) is 2.20. The predicted molar refractivity (Wildman–Crippen MR) is 142 cm³/mol. The average Bonchev–Trinajstić information content (AvgIpc) is 3.16. The van der Waals surface area contributed by atoms with Crippen LogP contribution in [0.5, 0.6) is 0 Å². The first kappa shape index (κ1) is 31.1. The van der Waals surface area contributed by atoms with Crippen molar-refractivity contribution in [3.05, 3.63) is 0 Å². The van der Waals surface area contributed by atoms with E-state index in [1.807, 2.05) is 0 Å². The minimum Gasteiger partial charge on any atom is -0.393 e. The molecule has 0 saturated heterocycles. The fourth-order valence-electron chi connectivity index (χ4n) is 9.34. The van der Waals surface area contributed by atoms with Crippen molar-refractivity contribution < 1.29 is 45.1 Å². The largest absolute Gasteiger partial charge is 0.397 e. The second-order valence-corrected chi connectivity index (χ2v) is 15.8. The van der Waals surface area contributed by atoms with Crippen LogP contribution in [0.2, 0.25) is 0 Å². The molecule has 226 valence electrons. The number of amides is 1. The molecule has 11 nitrogen and oxygen atoms in total. The molecule has 4 aliphatic rings. The highest BCUT2D eigenvalue weighted by Gasteiger charge is 2.65. The summed E-state index contributed by atoms with van der Waals surface area (Å²) in [7, 11) is -8.68. The van der Waals surface area contributed by atoms with Gasteiger partial charge >= 0.3 is 10.4 Å². The van der Waals surface area contributed by atoms with Gasteiger partial charge in [-0.15, -0.1) is 0 Å². The molecule has 0 aromatic rings. The molecule has 0 radical (unpaired) electrons. The number of carbonyl (C=O) groups excluding carboxylic acids is 1. The van der Waals surface area contributed by atoms with Gasteiger partial charge in [0.15, 0.2) is 0 Å². The van der Waals surface area contributed by atoms with Crippen LogP contribution in [0.15, 0.2) is 0 Å². The third-order valence-electron chi connectivity index (χ3n) is 11.3. The number of hydrogen-bond acceptors (Lipinski definition) is 8. The molecule has 11 atom stereocenters. The Balaban J connectivity index is 1.43. The number of fused-ring (bicyclic) bond motifs is 5. The Labute approximate surface area is 232 Å². The van der Waals surface area contributed by atoms with Crippen molar-refractivity contribution in [3.63, 3.8) is 0 Å². The van der Waals surface area contributed by atoms with E-state index in [4.69, 9.17) is 13.3 Å². The van der Waals surface area contributed by atoms with Crippen LogP contribution in [-0.4, -0.2) is 72.7 Å². The van der Waals surface area contributed by atoms with Gasteiger partial charge in [0, 0.05) is 13.0 Å². The summed E-state index contributed by atoms with van der Waals surface area (Å²) in [6.45, 7) is 6.29. The summed E-state index contributed by atoms with van der Waals surface area (Å²) in [6, 6.07) is 0. The molecule has 4 fully saturated rings. The molecule has 0 spiro atoms. The molecule has 0 aromatic carbocycles. The molecule has 39 heavy (non-hydrogen) atoms. The smallest absolute Gasteiger partial charge is 0.393 e. The van der Waals surface area contributed by atoms with E-state index in [9.17, 15) is 31.8 Å². The van der Waals surface area contributed by atoms with Gasteiger partial charge in [0.05, 0.1) is 24.1 Å². The molecule has 0 aromatic heterocycles. The van der Waals surface area contributed by atoms with Crippen LogP contribution in [0.1, 0.15) is 78.6 Å². The van der Waals surface area contributed by atoms with E-state index in [0.717, 1.165) is 12.8 Å². The highest BCUT2D eigenvalue weighted by atomic mass is 32.3. The van der Waals surface area contributed by atoms with Crippen molar-refractivity contribution >= 4 is 26.4 Å². The summed E-state index contributed by atoms with van der Waals surface area (Å²) in [6.07, 6.45) is 3.58. The van der Waals surface area contributed by atoms with Gasteiger partial charge in [0.25, 0.3) is 10.1 Å². The Hall–Kier alpha value is -0.830. The highest BCUT2D eigenvalue weighted by Crippen LogP contribution is 2.68. The van der Waals surface area contributed by atoms with Crippen LogP contribution in [0.25, 0.3) is 0 Å². The van der Waals surface area contributed by atoms with E-state index in [1.165, 1.54) is 0 Å². The zero-order valence-electron chi connectivity index (χ0n) is 23.0. The van der Waals surface area contributed by atoms with Crippen molar-refractivity contribution in [2.24, 2.45) is 46.3 Å². The lowest BCUT2D eigenvalue weighted by atomic mass is 9.43. The van der Waals surface area contributed by atoms with Gasteiger partial charge in [-0.05, 0) is 97.7 Å². The summed E-state index contributed by atoms with van der Waals surface area (Å²) in [5.74, 6) is -0.223. The van der Waals surface area contributed by atoms with Gasteiger partial charge in [-0.2, -0.15) is 16.8 Å². The average molecular weight is 596 g/mol. The lowest BCUT2D eigenvalue weighted by Gasteiger charge is -2.63. The molecule has 1 amide bonds. The van der Waals surface area contributed by atoms with Crippen LogP contribution in [0, 0.1) is 46.3 Å². The van der Waals surface area contributed by atoms with E-state index < -0.39 is 50.0 Å². The molecule has 13 heteroatoms. The molecular weight excluding hydrogens is 550 g/mol. The van der Waals surface area contributed by atoms with Crippen molar-refractivity contribution in [2.45, 2.75) is 96.9 Å². The first-order valence-electron chi connectivity index (χ1n) is 14.2. The van der Waals surface area contributed by atoms with Gasteiger partial charge in [0.2, 0.25) is 5.91 Å². The number of aliphatic hydroxyl groups excluding tert-OH is 2. The Morgan fingerprint density at radius 1 is 1.03 bits per heavy atom. The Kier molecular flexibility index (Phi) is 8.86. The van der Waals surface area contributed by atoms with Crippen LogP contribution >= 0.6 is 0 Å². The molecule has 5 N–H and O–H groups in total. The summed E-state index contributed by atoms with van der Waals surface area (Å²) < 4.78 is 67.2. The van der Waals surface area contributed by atoms with Crippen molar-refractivity contribution in [2.75, 3.05) is 12.3 Å². The molecule has 0 bridgehead atoms. The van der Waals surface area contributed by atoms with E-state index in [1.54, 1.807) is 0 Å². The van der Waals surface area contributed by atoms with E-state index in [-0.39, 0.29) is 59.8 Å². The molecule has 0 heterocycles. The van der Waals surface area contributed by atoms with Crippen molar-refractivity contribution in [3.8, 4) is 0 Å². The van der Waals surface area contributed by atoms with Crippen LogP contribution < -0.4 is 5.32 Å². The Morgan fingerprint density at radius 3 is 2.36 bits per heavy atom. The number of rotatable bonds is 9. The maximum absolute atomic E-state index is 12.2. The first-order chi connectivity index (χ1) is 18.0. The topological polar surface area (TPSA) is 188 Å². The van der Waals surface area contributed by atoms with Gasteiger partial charge < -0.3 is 15.5 Å². The number of nitrogens with one attached hydrogen (secondary N) is 1. The molecule has 0 aliphatic heterocycles. The van der Waals surface area contributed by atoms with E-state index in [2.05, 4.69) is 26.1 Å². The Bertz CT molecular complexity index is 1130. The van der Waals surface area contributed by atoms with Gasteiger partial charge in [-0.25, -0.2) is 4.18 Å². The van der Waals surface area contributed by atoms with Gasteiger partial charge in [-0.1, -0.05) is 20.8 Å². The Morgan fingerprint density at radius 2 is 1.72 bits per heavy atom. The van der Waals surface area contributed by atoms with Crippen LogP contribution in [0.4, 0.5) is 0 Å². The minimum atomic E-state index is -4.54. The summed E-state index contributed by atoms with van der Waals surface area (Å²) in [5.41, 5.74) is -0.577. The fourth-order valence-corrected chi connectivity index (χ4v) is 10.2. The third-order valence-corrected chi connectivity index (χ3v) is 12.5. The maximum atomic E-state index is 12.2. The lowest BCUT2D eigenvalue weighted by Crippen LogP contribution is -2.62. The second-order valence-electron chi connectivity index (χ2n) is 13.2. The highest BCUT2D eigenvalue weighted by molar-refractivity contribution is 7.85. The minimum absolute atomic E-state index is 0.0274.